The number of allylic oxidation sites excluding steroid dienone is 2. The van der Waals surface area contributed by atoms with Gasteiger partial charge in [0, 0.05) is 25.9 Å². The van der Waals surface area contributed by atoms with Crippen LogP contribution in [0.15, 0.2) is 40.9 Å². The molecule has 5 N–H and O–H groups in total. The Balaban J connectivity index is 2.82. The number of ether oxygens (including phenoxy) is 1. The molecule has 31 heavy (non-hydrogen) atoms. The average molecular weight is 471 g/mol. The highest BCUT2D eigenvalue weighted by Crippen LogP contribution is 2.22. The third kappa shape index (κ3) is 9.74. The summed E-state index contributed by atoms with van der Waals surface area (Å²) in [6.07, 6.45) is 2.56. The molecule has 0 aliphatic rings. The van der Waals surface area contributed by atoms with Crippen LogP contribution in [-0.2, 0) is 16.1 Å². The first-order chi connectivity index (χ1) is 14.8. The average Bonchev–Trinajstić information content (AvgIpc) is 2.77. The number of benzene rings is 1. The van der Waals surface area contributed by atoms with Crippen LogP contribution in [0, 0.1) is 5.41 Å². The Labute approximate surface area is 194 Å². The van der Waals surface area contributed by atoms with E-state index in [1.807, 2.05) is 19.9 Å². The molecule has 0 unspecified atom stereocenters. The van der Waals surface area contributed by atoms with Gasteiger partial charge in [0.1, 0.15) is 11.5 Å². The summed E-state index contributed by atoms with van der Waals surface area (Å²) < 4.78 is 5.23. The molecule has 1 rings (SSSR count). The molecule has 0 saturated carbocycles. The first kappa shape index (κ1) is 27.0. The maximum atomic E-state index is 12.9. The van der Waals surface area contributed by atoms with Crippen LogP contribution < -0.4 is 16.0 Å². The molecule has 0 saturated heterocycles. The number of carbonyl (C=O) groups excluding carboxylic acids is 1. The van der Waals surface area contributed by atoms with Gasteiger partial charge in [0.2, 0.25) is 0 Å². The summed E-state index contributed by atoms with van der Waals surface area (Å²) >= 11 is 12.1. The number of aliphatic hydroxyl groups excluding tert-OH is 1. The molecule has 9 heteroatoms. The molecule has 0 atom stereocenters. The van der Waals surface area contributed by atoms with Crippen molar-refractivity contribution < 1.29 is 14.6 Å². The van der Waals surface area contributed by atoms with Crippen LogP contribution in [0.25, 0.3) is 0 Å². The van der Waals surface area contributed by atoms with Gasteiger partial charge in [-0.15, -0.1) is 0 Å². The van der Waals surface area contributed by atoms with Crippen molar-refractivity contribution in [1.82, 2.24) is 16.0 Å². The topological polar surface area (TPSA) is 106 Å². The molecule has 0 aliphatic heterocycles. The Hall–Kier alpha value is -2.06. The number of hydrogen-bond acceptors (Lipinski definition) is 6. The molecule has 0 heterocycles. The zero-order valence-electron chi connectivity index (χ0n) is 18.3. The standard InChI is InChI=1S/C22H32Cl2N4O3/c1-4-15(2)21(27-14-17-6-7-18(23)19(24)12-17)28-22(30)20(16(3)13-25)26-8-5-10-31-11-9-29/h6-7,12-13,25-27,29H,4-5,8-11,14H2,1-3H3,(H,28,30)/b20-16-,21-15-,25-13?. The van der Waals surface area contributed by atoms with Crippen molar-refractivity contribution in [2.75, 3.05) is 26.4 Å². The lowest BCUT2D eigenvalue weighted by molar-refractivity contribution is -0.117. The fraction of sp³-hybridized carbons (Fsp3) is 0.455. The van der Waals surface area contributed by atoms with Gasteiger partial charge < -0.3 is 31.2 Å². The number of hydrogen-bond donors (Lipinski definition) is 5. The van der Waals surface area contributed by atoms with Crippen LogP contribution in [0.2, 0.25) is 10.0 Å². The molecule has 0 spiro atoms. The van der Waals surface area contributed by atoms with Gasteiger partial charge in [-0.05, 0) is 55.5 Å². The van der Waals surface area contributed by atoms with Crippen LogP contribution in [0.3, 0.4) is 0 Å². The van der Waals surface area contributed by atoms with Crippen LogP contribution >= 0.6 is 23.2 Å². The Morgan fingerprint density at radius 2 is 1.94 bits per heavy atom. The molecule has 0 bridgehead atoms. The van der Waals surface area contributed by atoms with E-state index in [0.717, 1.165) is 23.8 Å². The van der Waals surface area contributed by atoms with Gasteiger partial charge in [0.25, 0.3) is 5.91 Å². The van der Waals surface area contributed by atoms with E-state index in [0.29, 0.717) is 53.3 Å². The summed E-state index contributed by atoms with van der Waals surface area (Å²) in [6, 6.07) is 5.38. The number of nitrogens with one attached hydrogen (secondary N) is 4. The molecule has 1 amide bonds. The lowest BCUT2D eigenvalue weighted by atomic mass is 10.2. The van der Waals surface area contributed by atoms with Crippen molar-refractivity contribution in [2.45, 2.75) is 40.2 Å². The second-order valence-corrected chi connectivity index (χ2v) is 7.70. The minimum Gasteiger partial charge on any atom is -0.394 e. The summed E-state index contributed by atoms with van der Waals surface area (Å²) in [5.74, 6) is 0.281. The van der Waals surface area contributed by atoms with E-state index < -0.39 is 0 Å². The number of rotatable bonds is 14. The molecule has 0 aromatic heterocycles. The SMILES string of the molecule is CC/C(C)=C(/NCc1ccc(Cl)c(Cl)c1)NC(=O)/C(NCCCOCCO)=C(\C)C=N. The largest absolute Gasteiger partial charge is 0.394 e. The monoisotopic (exact) mass is 470 g/mol. The van der Waals surface area contributed by atoms with Gasteiger partial charge >= 0.3 is 0 Å². The molecule has 0 aliphatic carbocycles. The quantitative estimate of drug-likeness (QED) is 0.161. The van der Waals surface area contributed by atoms with Gasteiger partial charge in [-0.1, -0.05) is 36.2 Å². The van der Waals surface area contributed by atoms with Crippen molar-refractivity contribution in [3.63, 3.8) is 0 Å². The second kappa shape index (κ2) is 14.9. The number of amides is 1. The van der Waals surface area contributed by atoms with Crippen LogP contribution in [0.1, 0.15) is 39.2 Å². The molecule has 0 fully saturated rings. The molecule has 7 nitrogen and oxygen atoms in total. The Morgan fingerprint density at radius 1 is 1.19 bits per heavy atom. The van der Waals surface area contributed by atoms with Crippen LogP contribution in [0.5, 0.6) is 0 Å². The number of carbonyl (C=O) groups is 1. The lowest BCUT2D eigenvalue weighted by Crippen LogP contribution is -2.38. The molecule has 0 radical (unpaired) electrons. The van der Waals surface area contributed by atoms with E-state index in [-0.39, 0.29) is 19.1 Å². The van der Waals surface area contributed by atoms with E-state index >= 15 is 0 Å². The van der Waals surface area contributed by atoms with Crippen molar-refractivity contribution in [3.05, 3.63) is 56.5 Å². The zero-order chi connectivity index (χ0) is 23.2. The van der Waals surface area contributed by atoms with E-state index in [2.05, 4.69) is 16.0 Å². The normalized spacial score (nSPS) is 12.6. The summed E-state index contributed by atoms with van der Waals surface area (Å²) in [4.78, 5) is 12.9. The zero-order valence-corrected chi connectivity index (χ0v) is 19.8. The molecular formula is C22H32Cl2N4O3. The smallest absolute Gasteiger partial charge is 0.273 e. The summed E-state index contributed by atoms with van der Waals surface area (Å²) in [5.41, 5.74) is 2.76. The van der Waals surface area contributed by atoms with Crippen molar-refractivity contribution in [1.29, 1.82) is 5.41 Å². The van der Waals surface area contributed by atoms with Crippen molar-refractivity contribution >= 4 is 35.3 Å². The fourth-order valence-electron chi connectivity index (χ4n) is 2.52. The lowest BCUT2D eigenvalue weighted by Gasteiger charge is -2.19. The highest BCUT2D eigenvalue weighted by Gasteiger charge is 2.15. The Morgan fingerprint density at radius 3 is 2.55 bits per heavy atom. The Bertz CT molecular complexity index is 810. The molecular weight excluding hydrogens is 439 g/mol. The first-order valence-electron chi connectivity index (χ1n) is 10.2. The second-order valence-electron chi connectivity index (χ2n) is 6.88. The van der Waals surface area contributed by atoms with E-state index in [4.69, 9.17) is 38.5 Å². The van der Waals surface area contributed by atoms with Gasteiger partial charge in [0.15, 0.2) is 0 Å². The summed E-state index contributed by atoms with van der Waals surface area (Å²) in [5, 5.41) is 26.5. The van der Waals surface area contributed by atoms with Crippen LogP contribution in [-0.4, -0.2) is 43.6 Å². The first-order valence-corrected chi connectivity index (χ1v) is 10.9. The highest BCUT2D eigenvalue weighted by atomic mass is 35.5. The predicted octanol–water partition coefficient (Wildman–Crippen LogP) is 3.75. The molecule has 1 aromatic carbocycles. The summed E-state index contributed by atoms with van der Waals surface area (Å²) in [6.45, 7) is 7.35. The van der Waals surface area contributed by atoms with Gasteiger partial charge in [0.05, 0.1) is 23.3 Å². The molecule has 1 aromatic rings. The minimum atomic E-state index is -0.332. The number of aliphatic hydroxyl groups is 1. The Kier molecular flexibility index (Phi) is 12.9. The highest BCUT2D eigenvalue weighted by molar-refractivity contribution is 6.42. The van der Waals surface area contributed by atoms with Gasteiger partial charge in [-0.2, -0.15) is 0 Å². The summed E-state index contributed by atoms with van der Waals surface area (Å²) in [7, 11) is 0. The maximum absolute atomic E-state index is 12.9. The van der Waals surface area contributed by atoms with Crippen molar-refractivity contribution in [3.8, 4) is 0 Å². The van der Waals surface area contributed by atoms with Gasteiger partial charge in [-0.25, -0.2) is 0 Å². The number of halogens is 2. The third-order valence-electron chi connectivity index (χ3n) is 4.49. The molecule has 172 valence electrons. The minimum absolute atomic E-state index is 0.0188. The predicted molar refractivity (Wildman–Crippen MR) is 126 cm³/mol. The van der Waals surface area contributed by atoms with Gasteiger partial charge in [-0.3, -0.25) is 4.79 Å². The van der Waals surface area contributed by atoms with E-state index in [9.17, 15) is 4.79 Å². The van der Waals surface area contributed by atoms with E-state index in [1.165, 1.54) is 0 Å². The maximum Gasteiger partial charge on any atom is 0.273 e. The van der Waals surface area contributed by atoms with E-state index in [1.54, 1.807) is 19.1 Å². The fourth-order valence-corrected chi connectivity index (χ4v) is 2.84. The third-order valence-corrected chi connectivity index (χ3v) is 5.23. The van der Waals surface area contributed by atoms with Crippen molar-refractivity contribution in [2.24, 2.45) is 0 Å². The van der Waals surface area contributed by atoms with Crippen LogP contribution in [0.4, 0.5) is 0 Å².